The highest BCUT2D eigenvalue weighted by molar-refractivity contribution is 5.82. The summed E-state index contributed by atoms with van der Waals surface area (Å²) in [7, 11) is 0. The fourth-order valence-electron chi connectivity index (χ4n) is 4.34. The van der Waals surface area contributed by atoms with Crippen LogP contribution in [0, 0.1) is 5.82 Å². The molecule has 0 amide bonds. The number of fused-ring (bicyclic) bond motifs is 1. The maximum atomic E-state index is 13.6. The van der Waals surface area contributed by atoms with Crippen LogP contribution in [-0.2, 0) is 12.7 Å². The Labute approximate surface area is 171 Å². The minimum absolute atomic E-state index is 0.217. The van der Waals surface area contributed by atoms with E-state index in [-0.39, 0.29) is 11.7 Å². The van der Waals surface area contributed by atoms with Gasteiger partial charge in [-0.05, 0) is 55.5 Å². The lowest BCUT2D eigenvalue weighted by Crippen LogP contribution is -2.36. The zero-order valence-corrected chi connectivity index (χ0v) is 16.5. The van der Waals surface area contributed by atoms with E-state index in [2.05, 4.69) is 5.10 Å². The molecule has 1 aliphatic rings. The molecule has 160 valence electrons. The predicted molar refractivity (Wildman–Crippen MR) is 105 cm³/mol. The van der Waals surface area contributed by atoms with Gasteiger partial charge in [0.2, 0.25) is 0 Å². The maximum absolute atomic E-state index is 13.6. The van der Waals surface area contributed by atoms with Crippen LogP contribution in [0.4, 0.5) is 17.6 Å². The monoisotopic (exact) mass is 421 g/mol. The number of nitrogens with zero attached hydrogens (tertiary/aromatic N) is 3. The minimum atomic E-state index is -4.38. The first kappa shape index (κ1) is 20.8. The van der Waals surface area contributed by atoms with Gasteiger partial charge in [0.05, 0.1) is 11.1 Å². The molecule has 0 saturated carbocycles. The fraction of sp³-hybridized carbons (Fsp3) is 0.409. The smallest absolute Gasteiger partial charge is 0.372 e. The van der Waals surface area contributed by atoms with Crippen molar-refractivity contribution in [3.8, 4) is 0 Å². The first-order valence-electron chi connectivity index (χ1n) is 10.0. The number of alkyl halides is 3. The normalized spacial score (nSPS) is 17.5. The molecule has 0 aliphatic carbocycles. The van der Waals surface area contributed by atoms with Gasteiger partial charge in [-0.25, -0.2) is 4.39 Å². The van der Waals surface area contributed by atoms with Gasteiger partial charge in [-0.15, -0.1) is 0 Å². The van der Waals surface area contributed by atoms with Crippen LogP contribution >= 0.6 is 0 Å². The summed E-state index contributed by atoms with van der Waals surface area (Å²) in [5, 5.41) is 16.1. The van der Waals surface area contributed by atoms with E-state index in [9.17, 15) is 22.7 Å². The van der Waals surface area contributed by atoms with Gasteiger partial charge in [0.15, 0.2) is 6.23 Å². The van der Waals surface area contributed by atoms with Gasteiger partial charge in [0, 0.05) is 25.0 Å². The number of aliphatic hydroxyl groups excluding tert-OH is 1. The summed E-state index contributed by atoms with van der Waals surface area (Å²) in [5.41, 5.74) is 0.788. The van der Waals surface area contributed by atoms with Crippen molar-refractivity contribution in [3.05, 3.63) is 65.1 Å². The Kier molecular flexibility index (Phi) is 5.55. The van der Waals surface area contributed by atoms with E-state index in [1.54, 1.807) is 22.9 Å². The van der Waals surface area contributed by atoms with E-state index in [0.29, 0.717) is 54.6 Å². The summed E-state index contributed by atoms with van der Waals surface area (Å²) in [4.78, 5) is 1.82. The molecule has 4 nitrogen and oxygen atoms in total. The van der Waals surface area contributed by atoms with Crippen molar-refractivity contribution >= 4 is 10.9 Å². The van der Waals surface area contributed by atoms with Crippen LogP contribution in [0.5, 0.6) is 0 Å². The highest BCUT2D eigenvalue weighted by atomic mass is 19.4. The van der Waals surface area contributed by atoms with Crippen LogP contribution in [0.2, 0.25) is 0 Å². The number of rotatable bonds is 4. The van der Waals surface area contributed by atoms with Crippen molar-refractivity contribution in [1.29, 1.82) is 0 Å². The lowest BCUT2D eigenvalue weighted by atomic mass is 9.86. The summed E-state index contributed by atoms with van der Waals surface area (Å²) < 4.78 is 55.4. The number of aromatic nitrogens is 2. The first-order chi connectivity index (χ1) is 14.3. The van der Waals surface area contributed by atoms with E-state index in [4.69, 9.17) is 0 Å². The molecule has 2 heterocycles. The van der Waals surface area contributed by atoms with E-state index in [1.807, 2.05) is 11.8 Å². The zero-order chi connectivity index (χ0) is 21.5. The molecular formula is C22H23F4N3O. The standard InChI is InChI=1S/C22H23F4N3O/c1-2-29-19-13-15(23)7-8-17(19)20(27-29)21(30)28-11-9-14(10-12-28)16-5-3-4-6-18(16)22(24,25)26/h3-8,13-14,21,30H,2,9-12H2,1H3. The number of piperidine rings is 1. The van der Waals surface area contributed by atoms with Gasteiger partial charge in [-0.2, -0.15) is 18.3 Å². The molecule has 3 aromatic rings. The highest BCUT2D eigenvalue weighted by Crippen LogP contribution is 2.39. The second-order valence-corrected chi connectivity index (χ2v) is 7.63. The maximum Gasteiger partial charge on any atom is 0.416 e. The van der Waals surface area contributed by atoms with Crippen LogP contribution < -0.4 is 0 Å². The Hall–Kier alpha value is -2.45. The Morgan fingerprint density at radius 2 is 1.83 bits per heavy atom. The average molecular weight is 421 g/mol. The van der Waals surface area contributed by atoms with Crippen LogP contribution in [0.3, 0.4) is 0 Å². The lowest BCUT2D eigenvalue weighted by Gasteiger charge is -2.35. The predicted octanol–water partition coefficient (Wildman–Crippen LogP) is 5.08. The van der Waals surface area contributed by atoms with Crippen molar-refractivity contribution < 1.29 is 22.7 Å². The Balaban J connectivity index is 1.54. The van der Waals surface area contributed by atoms with Crippen molar-refractivity contribution in [3.63, 3.8) is 0 Å². The van der Waals surface area contributed by atoms with E-state index in [1.165, 1.54) is 18.2 Å². The molecule has 30 heavy (non-hydrogen) atoms. The average Bonchev–Trinajstić information content (AvgIpc) is 3.10. The SMILES string of the molecule is CCn1nc(C(O)N2CCC(c3ccccc3C(F)(F)F)CC2)c2ccc(F)cc21. The fourth-order valence-corrected chi connectivity index (χ4v) is 4.34. The zero-order valence-electron chi connectivity index (χ0n) is 16.5. The Morgan fingerprint density at radius 1 is 1.13 bits per heavy atom. The van der Waals surface area contributed by atoms with Gasteiger partial charge in [-0.3, -0.25) is 9.58 Å². The summed E-state index contributed by atoms with van der Waals surface area (Å²) >= 11 is 0. The molecular weight excluding hydrogens is 398 g/mol. The molecule has 1 atom stereocenters. The second kappa shape index (κ2) is 8.00. The van der Waals surface area contributed by atoms with Crippen molar-refractivity contribution in [2.45, 2.75) is 44.6 Å². The molecule has 0 radical (unpaired) electrons. The number of benzene rings is 2. The molecule has 1 aromatic heterocycles. The van der Waals surface area contributed by atoms with Gasteiger partial charge in [-0.1, -0.05) is 18.2 Å². The van der Waals surface area contributed by atoms with Crippen LogP contribution in [-0.4, -0.2) is 32.9 Å². The molecule has 8 heteroatoms. The van der Waals surface area contributed by atoms with Gasteiger partial charge in [0.25, 0.3) is 0 Å². The number of likely N-dealkylation sites (tertiary alicyclic amines) is 1. The summed E-state index contributed by atoms with van der Waals surface area (Å²) in [6, 6.07) is 10.0. The van der Waals surface area contributed by atoms with E-state index < -0.39 is 18.0 Å². The van der Waals surface area contributed by atoms with Crippen LogP contribution in [0.15, 0.2) is 42.5 Å². The van der Waals surface area contributed by atoms with Crippen LogP contribution in [0.25, 0.3) is 10.9 Å². The van der Waals surface area contributed by atoms with Gasteiger partial charge < -0.3 is 5.11 Å². The van der Waals surface area contributed by atoms with Crippen molar-refractivity contribution in [2.75, 3.05) is 13.1 Å². The van der Waals surface area contributed by atoms with E-state index in [0.717, 1.165) is 6.07 Å². The Bertz CT molecular complexity index is 1040. The summed E-state index contributed by atoms with van der Waals surface area (Å²) in [6.07, 6.45) is -4.37. The molecule has 2 aromatic carbocycles. The molecule has 1 saturated heterocycles. The third kappa shape index (κ3) is 3.81. The number of hydrogen-bond donors (Lipinski definition) is 1. The molecule has 1 unspecified atom stereocenters. The van der Waals surface area contributed by atoms with Gasteiger partial charge >= 0.3 is 6.18 Å². The highest BCUT2D eigenvalue weighted by Gasteiger charge is 2.36. The molecule has 1 N–H and O–H groups in total. The quantitative estimate of drug-likeness (QED) is 0.597. The lowest BCUT2D eigenvalue weighted by molar-refractivity contribution is -0.138. The first-order valence-corrected chi connectivity index (χ1v) is 10.0. The number of halogens is 4. The topological polar surface area (TPSA) is 41.3 Å². The minimum Gasteiger partial charge on any atom is -0.372 e. The number of hydrogen-bond acceptors (Lipinski definition) is 3. The number of aryl methyl sites for hydroxylation is 1. The molecule has 4 rings (SSSR count). The van der Waals surface area contributed by atoms with Crippen molar-refractivity contribution in [1.82, 2.24) is 14.7 Å². The molecule has 1 aliphatic heterocycles. The summed E-state index contributed by atoms with van der Waals surface area (Å²) in [6.45, 7) is 3.31. The number of aliphatic hydroxyl groups is 1. The van der Waals surface area contributed by atoms with Gasteiger partial charge in [0.1, 0.15) is 11.5 Å². The van der Waals surface area contributed by atoms with Crippen LogP contribution in [0.1, 0.15) is 48.7 Å². The van der Waals surface area contributed by atoms with Crippen molar-refractivity contribution in [2.24, 2.45) is 0 Å². The molecule has 0 bridgehead atoms. The Morgan fingerprint density at radius 3 is 2.50 bits per heavy atom. The second-order valence-electron chi connectivity index (χ2n) is 7.63. The molecule has 1 fully saturated rings. The largest absolute Gasteiger partial charge is 0.416 e. The van der Waals surface area contributed by atoms with E-state index >= 15 is 0 Å². The third-order valence-corrected chi connectivity index (χ3v) is 5.87. The summed E-state index contributed by atoms with van der Waals surface area (Å²) in [5.74, 6) is -0.590. The molecule has 0 spiro atoms. The third-order valence-electron chi connectivity index (χ3n) is 5.87.